The zero-order valence-electron chi connectivity index (χ0n) is 10.7. The van der Waals surface area contributed by atoms with Crippen molar-refractivity contribution in [2.45, 2.75) is 39.9 Å². The summed E-state index contributed by atoms with van der Waals surface area (Å²) in [6, 6.07) is 7.78. The molecule has 0 aromatic heterocycles. The molecule has 0 amide bonds. The smallest absolute Gasteiger partial charge is 0.196 e. The third-order valence-corrected chi connectivity index (χ3v) is 2.39. The molecule has 1 aromatic carbocycles. The highest BCUT2D eigenvalue weighted by Gasteiger charge is 2.03. The van der Waals surface area contributed by atoms with Crippen molar-refractivity contribution >= 4 is 5.78 Å². The van der Waals surface area contributed by atoms with E-state index in [0.717, 1.165) is 17.7 Å². The Morgan fingerprint density at radius 2 is 1.94 bits per heavy atom. The average molecular weight is 236 g/mol. The van der Waals surface area contributed by atoms with E-state index in [1.165, 1.54) is 0 Å². The monoisotopic (exact) mass is 236 g/mol. The van der Waals surface area contributed by atoms with Gasteiger partial charge in [-0.05, 0) is 44.9 Å². The first kappa shape index (κ1) is 13.7. The van der Waals surface area contributed by atoms with E-state index >= 15 is 0 Å². The number of ketones is 1. The summed E-state index contributed by atoms with van der Waals surface area (Å²) in [5, 5.41) is 0. The van der Waals surface area contributed by atoms with Crippen molar-refractivity contribution < 1.29 is 14.3 Å². The summed E-state index contributed by atoms with van der Waals surface area (Å²) in [5.41, 5.74) is 1.15. The Bertz CT molecular complexity index is 343. The largest absolute Gasteiger partial charge is 0.465 e. The molecule has 1 atom stereocenters. The molecule has 1 rings (SSSR count). The molecule has 0 aliphatic heterocycles. The summed E-state index contributed by atoms with van der Waals surface area (Å²) in [6.45, 7) is 6.05. The van der Waals surface area contributed by atoms with Crippen molar-refractivity contribution in [3.8, 4) is 5.75 Å². The number of rotatable bonds is 7. The first-order chi connectivity index (χ1) is 8.11. The average Bonchev–Trinajstić information content (AvgIpc) is 2.28. The van der Waals surface area contributed by atoms with Gasteiger partial charge in [-0.15, -0.1) is 0 Å². The molecule has 0 unspecified atom stereocenters. The molecule has 0 N–H and O–H groups in total. The standard InChI is InChI=1S/C14H20O3/c1-4-16-12(3)17-14-9-7-13(8-10-14)6-5-11(2)15/h7-10,12H,4-6H2,1-3H3/t12-/m1/s1. The maximum atomic E-state index is 10.9. The third-order valence-electron chi connectivity index (χ3n) is 2.39. The zero-order valence-corrected chi connectivity index (χ0v) is 10.7. The summed E-state index contributed by atoms with van der Waals surface area (Å²) in [6.07, 6.45) is 1.15. The molecule has 0 aliphatic carbocycles. The molecule has 17 heavy (non-hydrogen) atoms. The van der Waals surface area contributed by atoms with Crippen molar-refractivity contribution in [2.75, 3.05) is 6.61 Å². The van der Waals surface area contributed by atoms with Crippen LogP contribution in [0.25, 0.3) is 0 Å². The van der Waals surface area contributed by atoms with Gasteiger partial charge in [0.05, 0.1) is 0 Å². The van der Waals surface area contributed by atoms with Crippen LogP contribution in [0.15, 0.2) is 24.3 Å². The number of carbonyl (C=O) groups excluding carboxylic acids is 1. The normalized spacial score (nSPS) is 12.2. The number of Topliss-reactive ketones (excluding diaryl/α,β-unsaturated/α-hetero) is 1. The topological polar surface area (TPSA) is 35.5 Å². The highest BCUT2D eigenvalue weighted by Crippen LogP contribution is 2.15. The van der Waals surface area contributed by atoms with Crippen LogP contribution in [-0.2, 0) is 16.0 Å². The minimum absolute atomic E-state index is 0.218. The van der Waals surface area contributed by atoms with E-state index in [1.807, 2.05) is 38.1 Å². The van der Waals surface area contributed by atoms with E-state index in [4.69, 9.17) is 9.47 Å². The summed E-state index contributed by atoms with van der Waals surface area (Å²) >= 11 is 0. The van der Waals surface area contributed by atoms with Gasteiger partial charge in [-0.1, -0.05) is 12.1 Å². The van der Waals surface area contributed by atoms with Gasteiger partial charge in [0, 0.05) is 13.0 Å². The van der Waals surface area contributed by atoms with Crippen LogP contribution < -0.4 is 4.74 Å². The lowest BCUT2D eigenvalue weighted by Gasteiger charge is -2.14. The van der Waals surface area contributed by atoms with Gasteiger partial charge in [0.2, 0.25) is 0 Å². The van der Waals surface area contributed by atoms with Gasteiger partial charge < -0.3 is 14.3 Å². The van der Waals surface area contributed by atoms with Crippen LogP contribution >= 0.6 is 0 Å². The molecule has 0 spiro atoms. The van der Waals surface area contributed by atoms with Gasteiger partial charge in [-0.25, -0.2) is 0 Å². The third kappa shape index (κ3) is 5.50. The first-order valence-corrected chi connectivity index (χ1v) is 5.98. The summed E-state index contributed by atoms with van der Waals surface area (Å²) < 4.78 is 10.8. The molecule has 0 fully saturated rings. The molecule has 3 nitrogen and oxygen atoms in total. The van der Waals surface area contributed by atoms with Crippen molar-refractivity contribution in [1.82, 2.24) is 0 Å². The van der Waals surface area contributed by atoms with E-state index in [2.05, 4.69) is 0 Å². The first-order valence-electron chi connectivity index (χ1n) is 5.98. The Kier molecular flexibility index (Phi) is 5.70. The molecule has 94 valence electrons. The van der Waals surface area contributed by atoms with Gasteiger partial charge in [0.1, 0.15) is 11.5 Å². The highest BCUT2D eigenvalue weighted by molar-refractivity contribution is 5.75. The molecular weight excluding hydrogens is 216 g/mol. The molecule has 1 aromatic rings. The van der Waals surface area contributed by atoms with Gasteiger partial charge >= 0.3 is 0 Å². The van der Waals surface area contributed by atoms with Crippen molar-refractivity contribution in [1.29, 1.82) is 0 Å². The molecule has 0 bridgehead atoms. The van der Waals surface area contributed by atoms with Crippen LogP contribution in [0.5, 0.6) is 5.75 Å². The summed E-state index contributed by atoms with van der Waals surface area (Å²) in [5.74, 6) is 1.01. The van der Waals surface area contributed by atoms with Gasteiger partial charge in [0.25, 0.3) is 0 Å². The fourth-order valence-electron chi connectivity index (χ4n) is 1.52. The van der Waals surface area contributed by atoms with E-state index in [0.29, 0.717) is 13.0 Å². The number of hydrogen-bond donors (Lipinski definition) is 0. The Balaban J connectivity index is 2.47. The van der Waals surface area contributed by atoms with Crippen LogP contribution in [0.1, 0.15) is 32.8 Å². The molecule has 0 aliphatic rings. The second-order valence-electron chi connectivity index (χ2n) is 3.99. The Morgan fingerprint density at radius 3 is 2.47 bits per heavy atom. The van der Waals surface area contributed by atoms with Crippen LogP contribution in [0, 0.1) is 0 Å². The predicted molar refractivity (Wildman–Crippen MR) is 67.2 cm³/mol. The Labute approximate surface area is 103 Å². The number of benzene rings is 1. The lowest BCUT2D eigenvalue weighted by Crippen LogP contribution is -2.15. The SMILES string of the molecule is CCO[C@@H](C)Oc1ccc(CCC(C)=O)cc1. The van der Waals surface area contributed by atoms with Crippen molar-refractivity contribution in [3.63, 3.8) is 0 Å². The maximum Gasteiger partial charge on any atom is 0.196 e. The highest BCUT2D eigenvalue weighted by atomic mass is 16.7. The van der Waals surface area contributed by atoms with Crippen molar-refractivity contribution in [2.24, 2.45) is 0 Å². The number of aryl methyl sites for hydroxylation is 1. The van der Waals surface area contributed by atoms with Gasteiger partial charge in [-0.3, -0.25) is 0 Å². The van der Waals surface area contributed by atoms with E-state index in [1.54, 1.807) is 6.92 Å². The lowest BCUT2D eigenvalue weighted by molar-refractivity contribution is -0.116. The second kappa shape index (κ2) is 7.07. The Hall–Kier alpha value is -1.35. The molecular formula is C14H20O3. The predicted octanol–water partition coefficient (Wildman–Crippen LogP) is 2.97. The fourth-order valence-corrected chi connectivity index (χ4v) is 1.52. The minimum Gasteiger partial charge on any atom is -0.465 e. The molecule has 0 heterocycles. The molecule has 3 heteroatoms. The Morgan fingerprint density at radius 1 is 1.29 bits per heavy atom. The zero-order chi connectivity index (χ0) is 12.7. The number of ether oxygens (including phenoxy) is 2. The van der Waals surface area contributed by atoms with Crippen LogP contribution in [0.4, 0.5) is 0 Å². The van der Waals surface area contributed by atoms with Gasteiger partial charge in [0.15, 0.2) is 6.29 Å². The minimum atomic E-state index is -0.233. The van der Waals surface area contributed by atoms with Crippen LogP contribution in [0.2, 0.25) is 0 Å². The van der Waals surface area contributed by atoms with E-state index < -0.39 is 0 Å². The van der Waals surface area contributed by atoms with E-state index in [9.17, 15) is 4.79 Å². The summed E-state index contributed by atoms with van der Waals surface area (Å²) in [7, 11) is 0. The van der Waals surface area contributed by atoms with Crippen LogP contribution in [-0.4, -0.2) is 18.7 Å². The molecule has 0 saturated heterocycles. The van der Waals surface area contributed by atoms with Crippen molar-refractivity contribution in [3.05, 3.63) is 29.8 Å². The number of carbonyl (C=O) groups is 1. The summed E-state index contributed by atoms with van der Waals surface area (Å²) in [4.78, 5) is 10.9. The fraction of sp³-hybridized carbons (Fsp3) is 0.500. The van der Waals surface area contributed by atoms with Crippen LogP contribution in [0.3, 0.4) is 0 Å². The lowest BCUT2D eigenvalue weighted by atomic mass is 10.1. The molecule has 0 radical (unpaired) electrons. The maximum absolute atomic E-state index is 10.9. The van der Waals surface area contributed by atoms with E-state index in [-0.39, 0.29) is 12.1 Å². The quantitative estimate of drug-likeness (QED) is 0.683. The second-order valence-corrected chi connectivity index (χ2v) is 3.99. The number of hydrogen-bond acceptors (Lipinski definition) is 3. The molecule has 0 saturated carbocycles. The van der Waals surface area contributed by atoms with Gasteiger partial charge in [-0.2, -0.15) is 0 Å².